The van der Waals surface area contributed by atoms with Gasteiger partial charge in [0, 0.05) is 5.56 Å². The van der Waals surface area contributed by atoms with Gasteiger partial charge in [0.2, 0.25) is 5.78 Å². The molecule has 0 saturated carbocycles. The molecule has 86 valence electrons. The van der Waals surface area contributed by atoms with Crippen LogP contribution in [0, 0.1) is 5.82 Å². The fourth-order valence-electron chi connectivity index (χ4n) is 1.03. The molecule has 0 unspecified atom stereocenters. The molecule has 1 rings (SSSR count). The summed E-state index contributed by atoms with van der Waals surface area (Å²) in [4.78, 5) is 21.8. The third kappa shape index (κ3) is 2.21. The zero-order valence-corrected chi connectivity index (χ0v) is 8.17. The van der Waals surface area contributed by atoms with E-state index in [0.29, 0.717) is 6.07 Å². The number of ether oxygens (including phenoxy) is 1. The number of rotatable bonds is 3. The monoisotopic (exact) mass is 232 g/mol. The second-order valence-electron chi connectivity index (χ2n) is 2.91. The molecule has 0 heterocycles. The van der Waals surface area contributed by atoms with Crippen LogP contribution in [-0.2, 0) is 9.53 Å². The molecule has 0 aliphatic rings. The molecule has 0 radical (unpaired) electrons. The van der Waals surface area contributed by atoms with Crippen molar-refractivity contribution in [1.82, 2.24) is 0 Å². The van der Waals surface area contributed by atoms with Gasteiger partial charge in [-0.3, -0.25) is 4.79 Å². The molecule has 6 heteroatoms. The number of halogens is 3. The molecule has 0 N–H and O–H groups in total. The number of hydrogen-bond acceptors (Lipinski definition) is 3. The van der Waals surface area contributed by atoms with Crippen molar-refractivity contribution in [2.24, 2.45) is 0 Å². The van der Waals surface area contributed by atoms with Crippen molar-refractivity contribution in [2.75, 3.05) is 7.11 Å². The minimum atomic E-state index is -4.30. The van der Waals surface area contributed by atoms with Gasteiger partial charge in [-0.1, -0.05) is 12.1 Å². The molecule has 3 nitrogen and oxygen atoms in total. The maximum absolute atomic E-state index is 13.1. The summed E-state index contributed by atoms with van der Waals surface area (Å²) in [7, 11) is 0.731. The van der Waals surface area contributed by atoms with Crippen LogP contribution < -0.4 is 0 Å². The first-order valence-electron chi connectivity index (χ1n) is 4.16. The summed E-state index contributed by atoms with van der Waals surface area (Å²) >= 11 is 0. The second kappa shape index (κ2) is 4.34. The number of carbonyl (C=O) groups is 2. The van der Waals surface area contributed by atoms with E-state index in [1.54, 1.807) is 0 Å². The van der Waals surface area contributed by atoms with Gasteiger partial charge in [0.05, 0.1) is 7.11 Å². The average molecular weight is 232 g/mol. The molecule has 0 aromatic heterocycles. The van der Waals surface area contributed by atoms with Gasteiger partial charge >= 0.3 is 11.9 Å². The highest BCUT2D eigenvalue weighted by molar-refractivity contribution is 6.13. The van der Waals surface area contributed by atoms with Crippen molar-refractivity contribution < 1.29 is 27.5 Å². The SMILES string of the molecule is COC(=O)C(F)(F)C(=O)c1cccc(F)c1. The topological polar surface area (TPSA) is 43.4 Å². The first-order valence-corrected chi connectivity index (χ1v) is 4.16. The quantitative estimate of drug-likeness (QED) is 0.453. The molecule has 0 amide bonds. The highest BCUT2D eigenvalue weighted by atomic mass is 19.3. The molecule has 1 aromatic carbocycles. The summed E-state index contributed by atoms with van der Waals surface area (Å²) in [6.45, 7) is 0. The van der Waals surface area contributed by atoms with Crippen LogP contribution in [0.2, 0.25) is 0 Å². The van der Waals surface area contributed by atoms with Crippen molar-refractivity contribution in [2.45, 2.75) is 5.92 Å². The number of carbonyl (C=O) groups excluding carboxylic acids is 2. The molecule has 0 aliphatic heterocycles. The van der Waals surface area contributed by atoms with Crippen LogP contribution in [-0.4, -0.2) is 24.8 Å². The maximum Gasteiger partial charge on any atom is 0.404 e. The van der Waals surface area contributed by atoms with Gasteiger partial charge in [0.1, 0.15) is 5.82 Å². The highest BCUT2D eigenvalue weighted by Gasteiger charge is 2.48. The Labute approximate surface area is 88.8 Å². The molecule has 0 bridgehead atoms. The lowest BCUT2D eigenvalue weighted by atomic mass is 10.1. The molecule has 0 spiro atoms. The molecule has 0 fully saturated rings. The fraction of sp³-hybridized carbons (Fsp3) is 0.200. The summed E-state index contributed by atoms with van der Waals surface area (Å²) < 4.78 is 42.6. The van der Waals surface area contributed by atoms with Crippen molar-refractivity contribution >= 4 is 11.8 Å². The molecular formula is C10H7F3O3. The maximum atomic E-state index is 13.1. The van der Waals surface area contributed by atoms with Gasteiger partial charge < -0.3 is 4.74 Å². The molecule has 0 saturated heterocycles. The normalized spacial score (nSPS) is 11.0. The summed E-state index contributed by atoms with van der Waals surface area (Å²) in [6.07, 6.45) is 0. The summed E-state index contributed by atoms with van der Waals surface area (Å²) in [6, 6.07) is 3.70. The highest BCUT2D eigenvalue weighted by Crippen LogP contribution is 2.22. The molecular weight excluding hydrogens is 225 g/mol. The Morgan fingerprint density at radius 2 is 1.94 bits per heavy atom. The van der Waals surface area contributed by atoms with E-state index < -0.39 is 29.1 Å². The van der Waals surface area contributed by atoms with Crippen LogP contribution in [0.5, 0.6) is 0 Å². The van der Waals surface area contributed by atoms with Crippen LogP contribution in [0.3, 0.4) is 0 Å². The van der Waals surface area contributed by atoms with Crippen molar-refractivity contribution in [3.63, 3.8) is 0 Å². The van der Waals surface area contributed by atoms with E-state index in [4.69, 9.17) is 0 Å². The van der Waals surface area contributed by atoms with E-state index in [-0.39, 0.29) is 0 Å². The summed E-state index contributed by atoms with van der Waals surface area (Å²) in [5.74, 6) is -8.91. The van der Waals surface area contributed by atoms with Gasteiger partial charge in [0.25, 0.3) is 0 Å². The van der Waals surface area contributed by atoms with Gasteiger partial charge in [-0.05, 0) is 12.1 Å². The van der Waals surface area contributed by atoms with Gasteiger partial charge in [-0.25, -0.2) is 9.18 Å². The number of esters is 1. The number of Topliss-reactive ketones (excluding diaryl/α,β-unsaturated/α-hetero) is 1. The number of methoxy groups -OCH3 is 1. The largest absolute Gasteiger partial charge is 0.464 e. The Balaban J connectivity index is 3.07. The molecule has 0 aliphatic carbocycles. The fourth-order valence-corrected chi connectivity index (χ4v) is 1.03. The number of benzene rings is 1. The van der Waals surface area contributed by atoms with E-state index in [9.17, 15) is 22.8 Å². The Kier molecular flexibility index (Phi) is 3.31. The van der Waals surface area contributed by atoms with Crippen LogP contribution in [0.4, 0.5) is 13.2 Å². The predicted octanol–water partition coefficient (Wildman–Crippen LogP) is 1.82. The Hall–Kier alpha value is -1.85. The van der Waals surface area contributed by atoms with Crippen LogP contribution in [0.25, 0.3) is 0 Å². The molecule has 0 atom stereocenters. The van der Waals surface area contributed by atoms with Crippen LogP contribution >= 0.6 is 0 Å². The lowest BCUT2D eigenvalue weighted by molar-refractivity contribution is -0.161. The average Bonchev–Trinajstić information content (AvgIpc) is 2.26. The van der Waals surface area contributed by atoms with Crippen molar-refractivity contribution in [1.29, 1.82) is 0 Å². The summed E-state index contributed by atoms with van der Waals surface area (Å²) in [5, 5.41) is 0. The third-order valence-corrected chi connectivity index (χ3v) is 1.81. The van der Waals surface area contributed by atoms with Crippen molar-refractivity contribution in [3.05, 3.63) is 35.6 Å². The predicted molar refractivity (Wildman–Crippen MR) is 47.7 cm³/mol. The standard InChI is InChI=1S/C10H7F3O3/c1-16-9(15)10(12,13)8(14)6-3-2-4-7(11)5-6/h2-5H,1H3. The molecule has 16 heavy (non-hydrogen) atoms. The Morgan fingerprint density at radius 3 is 2.44 bits per heavy atom. The zero-order valence-electron chi connectivity index (χ0n) is 8.17. The first-order chi connectivity index (χ1) is 7.39. The van der Waals surface area contributed by atoms with E-state index in [0.717, 1.165) is 25.3 Å². The smallest absolute Gasteiger partial charge is 0.404 e. The minimum absolute atomic E-state index is 0.588. The van der Waals surface area contributed by atoms with E-state index in [2.05, 4.69) is 4.74 Å². The Bertz CT molecular complexity index is 429. The van der Waals surface area contributed by atoms with E-state index >= 15 is 0 Å². The summed E-state index contributed by atoms with van der Waals surface area (Å²) in [5.41, 5.74) is -0.588. The minimum Gasteiger partial charge on any atom is -0.464 e. The number of ketones is 1. The van der Waals surface area contributed by atoms with E-state index in [1.807, 2.05) is 0 Å². The third-order valence-electron chi connectivity index (χ3n) is 1.81. The second-order valence-corrected chi connectivity index (χ2v) is 2.91. The first kappa shape index (κ1) is 12.2. The van der Waals surface area contributed by atoms with Gasteiger partial charge in [-0.15, -0.1) is 0 Å². The number of alkyl halides is 2. The van der Waals surface area contributed by atoms with E-state index in [1.165, 1.54) is 0 Å². The van der Waals surface area contributed by atoms with Crippen molar-refractivity contribution in [3.8, 4) is 0 Å². The van der Waals surface area contributed by atoms with Crippen LogP contribution in [0.15, 0.2) is 24.3 Å². The lowest BCUT2D eigenvalue weighted by Crippen LogP contribution is -2.38. The lowest BCUT2D eigenvalue weighted by Gasteiger charge is -2.11. The van der Waals surface area contributed by atoms with Gasteiger partial charge in [0.15, 0.2) is 0 Å². The van der Waals surface area contributed by atoms with Crippen LogP contribution in [0.1, 0.15) is 10.4 Å². The Morgan fingerprint density at radius 1 is 1.31 bits per heavy atom. The zero-order chi connectivity index (χ0) is 12.3. The number of hydrogen-bond donors (Lipinski definition) is 0. The molecule has 1 aromatic rings. The van der Waals surface area contributed by atoms with Gasteiger partial charge in [-0.2, -0.15) is 8.78 Å².